The van der Waals surface area contributed by atoms with Crippen LogP contribution in [0.4, 0.5) is 15.8 Å². The molecule has 1 fully saturated rings. The Balaban J connectivity index is 1.74. The molecule has 6 nitrogen and oxygen atoms in total. The average Bonchev–Trinajstić information content (AvgIpc) is 2.55. The number of morpholine rings is 1. The lowest BCUT2D eigenvalue weighted by Crippen LogP contribution is -2.45. The fraction of sp³-hybridized carbons (Fsp3) is 0.353. The van der Waals surface area contributed by atoms with Crippen LogP contribution in [0.5, 0.6) is 0 Å². The minimum absolute atomic E-state index is 0.0455. The topological polar surface area (TPSA) is 67.4 Å². The van der Waals surface area contributed by atoms with Gasteiger partial charge in [-0.2, -0.15) is 0 Å². The highest BCUT2D eigenvalue weighted by molar-refractivity contribution is 6.02. The zero-order valence-corrected chi connectivity index (χ0v) is 13.6. The number of amides is 1. The average molecular weight is 330 g/mol. The smallest absolute Gasteiger partial charge is 0.275 e. The quantitative estimate of drug-likeness (QED) is 0.936. The van der Waals surface area contributed by atoms with E-state index in [9.17, 15) is 9.18 Å². The summed E-state index contributed by atoms with van der Waals surface area (Å²) >= 11 is 0. The Morgan fingerprint density at radius 3 is 2.67 bits per heavy atom. The fourth-order valence-corrected chi connectivity index (χ4v) is 2.83. The van der Waals surface area contributed by atoms with Crippen molar-refractivity contribution in [3.8, 4) is 0 Å². The number of anilines is 2. The summed E-state index contributed by atoms with van der Waals surface area (Å²) in [5.74, 6) is -0.808. The van der Waals surface area contributed by atoms with E-state index in [2.05, 4.69) is 15.3 Å². The molecule has 0 unspecified atom stereocenters. The van der Waals surface area contributed by atoms with Gasteiger partial charge in [-0.1, -0.05) is 0 Å². The number of carbonyl (C=O) groups excluding carboxylic acids is 1. The van der Waals surface area contributed by atoms with E-state index in [1.54, 1.807) is 12.1 Å². The van der Waals surface area contributed by atoms with Crippen molar-refractivity contribution in [2.75, 3.05) is 23.3 Å². The Kier molecular flexibility index (Phi) is 4.71. The first-order valence-electron chi connectivity index (χ1n) is 7.80. The van der Waals surface area contributed by atoms with Crippen molar-refractivity contribution in [3.05, 3.63) is 48.3 Å². The third-order valence-electron chi connectivity index (χ3n) is 3.76. The molecule has 0 spiro atoms. The zero-order valence-electron chi connectivity index (χ0n) is 13.6. The highest BCUT2D eigenvalue weighted by atomic mass is 19.1. The molecular weight excluding hydrogens is 311 g/mol. The molecule has 7 heteroatoms. The van der Waals surface area contributed by atoms with Gasteiger partial charge in [0, 0.05) is 31.2 Å². The van der Waals surface area contributed by atoms with Gasteiger partial charge in [0.05, 0.1) is 24.1 Å². The fourth-order valence-electron chi connectivity index (χ4n) is 2.83. The third kappa shape index (κ3) is 3.68. The van der Waals surface area contributed by atoms with Crippen molar-refractivity contribution in [2.24, 2.45) is 0 Å². The first kappa shape index (κ1) is 16.3. The van der Waals surface area contributed by atoms with Gasteiger partial charge in [-0.15, -0.1) is 0 Å². The van der Waals surface area contributed by atoms with Gasteiger partial charge in [-0.3, -0.25) is 9.78 Å². The van der Waals surface area contributed by atoms with Crippen LogP contribution in [0.1, 0.15) is 24.3 Å². The molecule has 1 aromatic heterocycles. The van der Waals surface area contributed by atoms with E-state index in [-0.39, 0.29) is 23.7 Å². The third-order valence-corrected chi connectivity index (χ3v) is 3.76. The Morgan fingerprint density at radius 1 is 1.29 bits per heavy atom. The van der Waals surface area contributed by atoms with Gasteiger partial charge >= 0.3 is 0 Å². The summed E-state index contributed by atoms with van der Waals surface area (Å²) in [6, 6.07) is 4.66. The number of aromatic nitrogens is 2. The summed E-state index contributed by atoms with van der Waals surface area (Å²) in [7, 11) is 0. The van der Waals surface area contributed by atoms with Crippen molar-refractivity contribution < 1.29 is 13.9 Å². The van der Waals surface area contributed by atoms with Crippen LogP contribution in [0.15, 0.2) is 36.8 Å². The van der Waals surface area contributed by atoms with Crippen molar-refractivity contribution in [1.29, 1.82) is 0 Å². The first-order chi connectivity index (χ1) is 11.5. The number of hydrogen-bond acceptors (Lipinski definition) is 5. The maximum atomic E-state index is 14.5. The summed E-state index contributed by atoms with van der Waals surface area (Å²) in [5.41, 5.74) is 1.06. The Morgan fingerprint density at radius 2 is 2.04 bits per heavy atom. The highest BCUT2D eigenvalue weighted by Crippen LogP contribution is 2.26. The van der Waals surface area contributed by atoms with Gasteiger partial charge in [-0.05, 0) is 32.0 Å². The number of nitrogens with zero attached hydrogens (tertiary/aromatic N) is 3. The molecule has 1 N–H and O–H groups in total. The van der Waals surface area contributed by atoms with E-state index < -0.39 is 5.91 Å². The molecule has 2 aromatic rings. The van der Waals surface area contributed by atoms with Gasteiger partial charge < -0.3 is 15.0 Å². The van der Waals surface area contributed by atoms with E-state index in [0.717, 1.165) is 0 Å². The summed E-state index contributed by atoms with van der Waals surface area (Å²) in [4.78, 5) is 21.7. The predicted molar refractivity (Wildman–Crippen MR) is 88.6 cm³/mol. The Bertz CT molecular complexity index is 716. The van der Waals surface area contributed by atoms with Crippen LogP contribution >= 0.6 is 0 Å². The molecule has 1 saturated heterocycles. The van der Waals surface area contributed by atoms with E-state index in [1.807, 2.05) is 18.7 Å². The summed E-state index contributed by atoms with van der Waals surface area (Å²) in [5, 5.41) is 2.62. The minimum Gasteiger partial charge on any atom is -0.372 e. The maximum Gasteiger partial charge on any atom is 0.275 e. The van der Waals surface area contributed by atoms with Crippen LogP contribution in [0.25, 0.3) is 0 Å². The summed E-state index contributed by atoms with van der Waals surface area (Å²) < 4.78 is 20.1. The van der Waals surface area contributed by atoms with Crippen molar-refractivity contribution in [2.45, 2.75) is 26.1 Å². The highest BCUT2D eigenvalue weighted by Gasteiger charge is 2.24. The van der Waals surface area contributed by atoms with Crippen molar-refractivity contribution in [1.82, 2.24) is 9.97 Å². The number of nitrogens with one attached hydrogen (secondary N) is 1. The lowest BCUT2D eigenvalue weighted by molar-refractivity contribution is -0.00539. The van der Waals surface area contributed by atoms with Crippen LogP contribution in [-0.4, -0.2) is 41.2 Å². The van der Waals surface area contributed by atoms with Crippen molar-refractivity contribution >= 4 is 17.3 Å². The molecule has 2 heterocycles. The number of halogens is 1. The van der Waals surface area contributed by atoms with Crippen LogP contribution in [0.2, 0.25) is 0 Å². The molecule has 0 saturated carbocycles. The van der Waals surface area contributed by atoms with Gasteiger partial charge in [0.1, 0.15) is 11.5 Å². The Hall–Kier alpha value is -2.54. The predicted octanol–water partition coefficient (Wildman–Crippen LogP) is 2.48. The van der Waals surface area contributed by atoms with E-state index in [1.165, 1.54) is 24.7 Å². The molecule has 0 aliphatic carbocycles. The van der Waals surface area contributed by atoms with Gasteiger partial charge in [0.15, 0.2) is 0 Å². The minimum atomic E-state index is -0.427. The SMILES string of the molecule is C[C@H]1CN(c2ccc(NC(=O)c3cnccn3)cc2F)C[C@H](C)O1. The van der Waals surface area contributed by atoms with Gasteiger partial charge in [-0.25, -0.2) is 9.37 Å². The molecule has 0 radical (unpaired) electrons. The Labute approximate surface area is 139 Å². The second-order valence-corrected chi connectivity index (χ2v) is 5.87. The largest absolute Gasteiger partial charge is 0.372 e. The normalized spacial score (nSPS) is 20.7. The summed E-state index contributed by atoms with van der Waals surface area (Å²) in [6.07, 6.45) is 4.36. The second-order valence-electron chi connectivity index (χ2n) is 5.87. The maximum absolute atomic E-state index is 14.5. The van der Waals surface area contributed by atoms with Crippen LogP contribution < -0.4 is 10.2 Å². The standard InChI is InChI=1S/C17H19FN4O2/c1-11-9-22(10-12(2)24-11)16-4-3-13(7-14(16)18)21-17(23)15-8-19-5-6-20-15/h3-8,11-12H,9-10H2,1-2H3,(H,21,23)/t11-,12-/m0/s1. The monoisotopic (exact) mass is 330 g/mol. The summed E-state index contributed by atoms with van der Waals surface area (Å²) in [6.45, 7) is 5.20. The first-order valence-corrected chi connectivity index (χ1v) is 7.80. The molecule has 2 atom stereocenters. The molecular formula is C17H19FN4O2. The van der Waals surface area contributed by atoms with E-state index >= 15 is 0 Å². The number of ether oxygens (including phenoxy) is 1. The number of benzene rings is 1. The number of carbonyl (C=O) groups is 1. The molecule has 1 amide bonds. The van der Waals surface area contributed by atoms with Crippen LogP contribution in [-0.2, 0) is 4.74 Å². The molecule has 24 heavy (non-hydrogen) atoms. The van der Waals surface area contributed by atoms with Crippen molar-refractivity contribution in [3.63, 3.8) is 0 Å². The lowest BCUT2D eigenvalue weighted by atomic mass is 10.2. The molecule has 1 aliphatic heterocycles. The molecule has 0 bridgehead atoms. The molecule has 1 aromatic carbocycles. The molecule has 3 rings (SSSR count). The lowest BCUT2D eigenvalue weighted by Gasteiger charge is -2.37. The zero-order chi connectivity index (χ0) is 17.1. The van der Waals surface area contributed by atoms with Crippen LogP contribution in [0, 0.1) is 5.82 Å². The molecule has 1 aliphatic rings. The van der Waals surface area contributed by atoms with E-state index in [4.69, 9.17) is 4.74 Å². The molecule has 126 valence electrons. The number of hydrogen-bond donors (Lipinski definition) is 1. The van der Waals surface area contributed by atoms with E-state index in [0.29, 0.717) is 24.5 Å². The second kappa shape index (κ2) is 6.92. The van der Waals surface area contributed by atoms with Gasteiger partial charge in [0.2, 0.25) is 0 Å². The number of rotatable bonds is 3. The van der Waals surface area contributed by atoms with Gasteiger partial charge in [0.25, 0.3) is 5.91 Å². The van der Waals surface area contributed by atoms with Crippen LogP contribution in [0.3, 0.4) is 0 Å².